The standard InChI is InChI=1S/C11H10N2OS/c1-12-11-13-10(7-15-11)9-4-2-8(6-14)3-5-9/h2-7H,1H3,(H,12,13). The van der Waals surface area contributed by atoms with E-state index >= 15 is 0 Å². The van der Waals surface area contributed by atoms with Crippen molar-refractivity contribution in [2.45, 2.75) is 0 Å². The van der Waals surface area contributed by atoms with Gasteiger partial charge in [-0.1, -0.05) is 24.3 Å². The van der Waals surface area contributed by atoms with Gasteiger partial charge >= 0.3 is 0 Å². The van der Waals surface area contributed by atoms with Crippen LogP contribution in [-0.2, 0) is 0 Å². The van der Waals surface area contributed by atoms with Gasteiger partial charge in [-0.05, 0) is 0 Å². The molecular formula is C11H10N2OS. The molecule has 2 rings (SSSR count). The van der Waals surface area contributed by atoms with E-state index in [4.69, 9.17) is 0 Å². The summed E-state index contributed by atoms with van der Waals surface area (Å²) in [5, 5.41) is 5.87. The Morgan fingerprint density at radius 1 is 1.33 bits per heavy atom. The highest BCUT2D eigenvalue weighted by molar-refractivity contribution is 7.14. The number of anilines is 1. The van der Waals surface area contributed by atoms with Gasteiger partial charge in [0.2, 0.25) is 0 Å². The first-order chi connectivity index (χ1) is 7.33. The van der Waals surface area contributed by atoms with Crippen LogP contribution < -0.4 is 5.32 Å². The Hall–Kier alpha value is -1.68. The number of nitrogens with one attached hydrogen (secondary N) is 1. The summed E-state index contributed by atoms with van der Waals surface area (Å²) in [6, 6.07) is 7.39. The lowest BCUT2D eigenvalue weighted by Crippen LogP contribution is -1.86. The van der Waals surface area contributed by atoms with Gasteiger partial charge in [-0.3, -0.25) is 4.79 Å². The highest BCUT2D eigenvalue weighted by Gasteiger charge is 2.02. The van der Waals surface area contributed by atoms with E-state index in [1.54, 1.807) is 23.5 Å². The van der Waals surface area contributed by atoms with E-state index in [2.05, 4.69) is 10.3 Å². The van der Waals surface area contributed by atoms with Crippen LogP contribution in [0.15, 0.2) is 29.6 Å². The van der Waals surface area contributed by atoms with Gasteiger partial charge in [-0.25, -0.2) is 4.98 Å². The lowest BCUT2D eigenvalue weighted by molar-refractivity contribution is 0.112. The number of carbonyl (C=O) groups is 1. The van der Waals surface area contributed by atoms with E-state index in [9.17, 15) is 4.79 Å². The molecule has 0 amide bonds. The average Bonchev–Trinajstić information content (AvgIpc) is 2.78. The zero-order valence-corrected chi connectivity index (χ0v) is 9.04. The maximum absolute atomic E-state index is 10.5. The monoisotopic (exact) mass is 218 g/mol. The predicted molar refractivity (Wildman–Crippen MR) is 62.5 cm³/mol. The van der Waals surface area contributed by atoms with E-state index in [1.165, 1.54) is 0 Å². The highest BCUT2D eigenvalue weighted by atomic mass is 32.1. The number of aldehydes is 1. The first-order valence-electron chi connectivity index (χ1n) is 4.52. The van der Waals surface area contributed by atoms with Crippen molar-refractivity contribution in [1.82, 2.24) is 4.98 Å². The first kappa shape index (κ1) is 9.86. The Balaban J connectivity index is 2.32. The van der Waals surface area contributed by atoms with Gasteiger partial charge in [-0.2, -0.15) is 0 Å². The molecular weight excluding hydrogens is 208 g/mol. The van der Waals surface area contributed by atoms with Crippen molar-refractivity contribution >= 4 is 22.8 Å². The quantitative estimate of drug-likeness (QED) is 0.805. The van der Waals surface area contributed by atoms with Gasteiger partial charge in [0.05, 0.1) is 5.69 Å². The summed E-state index contributed by atoms with van der Waals surface area (Å²) in [4.78, 5) is 14.9. The second-order valence-corrected chi connectivity index (χ2v) is 3.89. The van der Waals surface area contributed by atoms with Crippen molar-refractivity contribution in [3.63, 3.8) is 0 Å². The minimum Gasteiger partial charge on any atom is -0.365 e. The molecule has 0 radical (unpaired) electrons. The Morgan fingerprint density at radius 3 is 2.60 bits per heavy atom. The fraction of sp³-hybridized carbons (Fsp3) is 0.0909. The largest absolute Gasteiger partial charge is 0.365 e. The molecule has 3 nitrogen and oxygen atoms in total. The Bertz CT molecular complexity index is 462. The third kappa shape index (κ3) is 2.05. The first-order valence-corrected chi connectivity index (χ1v) is 5.40. The number of benzene rings is 1. The van der Waals surface area contributed by atoms with E-state index in [1.807, 2.05) is 24.6 Å². The fourth-order valence-corrected chi connectivity index (χ4v) is 1.93. The van der Waals surface area contributed by atoms with Gasteiger partial charge in [0, 0.05) is 23.6 Å². The van der Waals surface area contributed by atoms with Gasteiger partial charge in [-0.15, -0.1) is 11.3 Å². The third-order valence-electron chi connectivity index (χ3n) is 2.06. The zero-order valence-electron chi connectivity index (χ0n) is 8.23. The van der Waals surface area contributed by atoms with Crippen molar-refractivity contribution in [2.24, 2.45) is 0 Å². The van der Waals surface area contributed by atoms with E-state index < -0.39 is 0 Å². The molecule has 15 heavy (non-hydrogen) atoms. The third-order valence-corrected chi connectivity index (χ3v) is 2.92. The minimum absolute atomic E-state index is 0.683. The molecule has 0 unspecified atom stereocenters. The van der Waals surface area contributed by atoms with Crippen molar-refractivity contribution in [3.05, 3.63) is 35.2 Å². The maximum atomic E-state index is 10.5. The number of hydrogen-bond donors (Lipinski definition) is 1. The Labute approximate surface area is 91.8 Å². The molecule has 0 atom stereocenters. The van der Waals surface area contributed by atoms with Crippen molar-refractivity contribution < 1.29 is 4.79 Å². The van der Waals surface area contributed by atoms with Crippen LogP contribution in [0, 0.1) is 0 Å². The second kappa shape index (κ2) is 4.23. The van der Waals surface area contributed by atoms with Crippen LogP contribution in [0.1, 0.15) is 10.4 Å². The fourth-order valence-electron chi connectivity index (χ4n) is 1.25. The van der Waals surface area contributed by atoms with Crippen LogP contribution in [0.5, 0.6) is 0 Å². The number of aromatic nitrogens is 1. The van der Waals surface area contributed by atoms with Crippen molar-refractivity contribution in [3.8, 4) is 11.3 Å². The number of nitrogens with zero attached hydrogens (tertiary/aromatic N) is 1. The lowest BCUT2D eigenvalue weighted by Gasteiger charge is -1.96. The molecule has 2 aromatic rings. The highest BCUT2D eigenvalue weighted by Crippen LogP contribution is 2.24. The molecule has 0 saturated carbocycles. The molecule has 76 valence electrons. The van der Waals surface area contributed by atoms with E-state index in [0.717, 1.165) is 22.7 Å². The van der Waals surface area contributed by atoms with E-state index in [0.29, 0.717) is 5.56 Å². The summed E-state index contributed by atoms with van der Waals surface area (Å²) in [5.74, 6) is 0. The van der Waals surface area contributed by atoms with Crippen LogP contribution >= 0.6 is 11.3 Å². The Morgan fingerprint density at radius 2 is 2.07 bits per heavy atom. The molecule has 0 aliphatic carbocycles. The van der Waals surface area contributed by atoms with Crippen LogP contribution in [0.4, 0.5) is 5.13 Å². The zero-order chi connectivity index (χ0) is 10.7. The molecule has 0 saturated heterocycles. The summed E-state index contributed by atoms with van der Waals surface area (Å²) >= 11 is 1.56. The minimum atomic E-state index is 0.683. The summed E-state index contributed by atoms with van der Waals surface area (Å²) in [7, 11) is 1.85. The molecule has 4 heteroatoms. The Kier molecular flexibility index (Phi) is 2.78. The number of thiazole rings is 1. The van der Waals surface area contributed by atoms with Gasteiger partial charge < -0.3 is 5.32 Å². The van der Waals surface area contributed by atoms with Gasteiger partial charge in [0.15, 0.2) is 5.13 Å². The molecule has 0 bridgehead atoms. The molecule has 0 fully saturated rings. The summed E-state index contributed by atoms with van der Waals surface area (Å²) < 4.78 is 0. The molecule has 1 aromatic heterocycles. The second-order valence-electron chi connectivity index (χ2n) is 3.03. The number of rotatable bonds is 3. The topological polar surface area (TPSA) is 42.0 Å². The molecule has 0 aliphatic heterocycles. The molecule has 0 aliphatic rings. The molecule has 1 heterocycles. The maximum Gasteiger partial charge on any atom is 0.182 e. The number of carbonyl (C=O) groups excluding carboxylic acids is 1. The van der Waals surface area contributed by atoms with Gasteiger partial charge in [0.1, 0.15) is 6.29 Å². The SMILES string of the molecule is CNc1nc(-c2ccc(C=O)cc2)cs1. The molecule has 0 spiro atoms. The summed E-state index contributed by atoms with van der Waals surface area (Å²) in [6.45, 7) is 0. The summed E-state index contributed by atoms with van der Waals surface area (Å²) in [5.41, 5.74) is 2.64. The predicted octanol–water partition coefficient (Wildman–Crippen LogP) is 2.66. The van der Waals surface area contributed by atoms with Crippen molar-refractivity contribution in [1.29, 1.82) is 0 Å². The van der Waals surface area contributed by atoms with Crippen LogP contribution in [0.2, 0.25) is 0 Å². The van der Waals surface area contributed by atoms with Crippen LogP contribution in [0.25, 0.3) is 11.3 Å². The van der Waals surface area contributed by atoms with Crippen molar-refractivity contribution in [2.75, 3.05) is 12.4 Å². The van der Waals surface area contributed by atoms with Crippen LogP contribution in [0.3, 0.4) is 0 Å². The van der Waals surface area contributed by atoms with E-state index in [-0.39, 0.29) is 0 Å². The lowest BCUT2D eigenvalue weighted by atomic mass is 10.1. The summed E-state index contributed by atoms with van der Waals surface area (Å²) in [6.07, 6.45) is 0.837. The average molecular weight is 218 g/mol. The molecule has 1 aromatic carbocycles. The molecule has 1 N–H and O–H groups in total. The van der Waals surface area contributed by atoms with Crippen LogP contribution in [-0.4, -0.2) is 18.3 Å². The number of hydrogen-bond acceptors (Lipinski definition) is 4. The van der Waals surface area contributed by atoms with Gasteiger partial charge in [0.25, 0.3) is 0 Å². The smallest absolute Gasteiger partial charge is 0.182 e. The normalized spacial score (nSPS) is 9.93.